The maximum atomic E-state index is 2.42. The van der Waals surface area contributed by atoms with Gasteiger partial charge in [0.2, 0.25) is 0 Å². The molecule has 3 rings (SSSR count). The van der Waals surface area contributed by atoms with Gasteiger partial charge in [-0.25, -0.2) is 0 Å². The monoisotopic (exact) mass is 347 g/mol. The van der Waals surface area contributed by atoms with E-state index >= 15 is 0 Å². The van der Waals surface area contributed by atoms with E-state index in [-0.39, 0.29) is 0 Å². The molecule has 0 saturated heterocycles. The van der Waals surface area contributed by atoms with Crippen molar-refractivity contribution in [1.82, 2.24) is 0 Å². The Morgan fingerprint density at radius 1 is 1.12 bits per heavy atom. The van der Waals surface area contributed by atoms with Crippen molar-refractivity contribution >= 4 is 16.5 Å². The van der Waals surface area contributed by atoms with Crippen LogP contribution in [-0.4, -0.2) is 13.1 Å². The minimum Gasteiger partial charge on any atom is -0.367 e. The SMILES string of the molecule is C/C=C\C(CC)C1=CCC(N(C)c2cccc3ccccc23)C=C1.CC. The number of likely N-dealkylation sites (N-methyl/N-ethyl adjacent to an activating group) is 1. The minimum absolute atomic E-state index is 0.419. The highest BCUT2D eigenvalue weighted by molar-refractivity contribution is 5.94. The van der Waals surface area contributed by atoms with Crippen LogP contribution in [0.4, 0.5) is 5.69 Å². The summed E-state index contributed by atoms with van der Waals surface area (Å²) in [5.41, 5.74) is 2.76. The second-order valence-corrected chi connectivity index (χ2v) is 6.52. The quantitative estimate of drug-likeness (QED) is 0.519. The Kier molecular flexibility index (Phi) is 7.72. The number of rotatable bonds is 5. The van der Waals surface area contributed by atoms with Gasteiger partial charge in [0.1, 0.15) is 0 Å². The van der Waals surface area contributed by atoms with Crippen LogP contribution in [0, 0.1) is 5.92 Å². The van der Waals surface area contributed by atoms with Crippen molar-refractivity contribution in [3.8, 4) is 0 Å². The van der Waals surface area contributed by atoms with E-state index in [1.165, 1.54) is 22.0 Å². The Bertz CT molecular complexity index is 776. The first-order valence-corrected chi connectivity index (χ1v) is 9.96. The summed E-state index contributed by atoms with van der Waals surface area (Å²) in [6.07, 6.45) is 13.8. The summed E-state index contributed by atoms with van der Waals surface area (Å²) in [6, 6.07) is 15.6. The van der Waals surface area contributed by atoms with Crippen LogP contribution in [0.5, 0.6) is 0 Å². The molecule has 2 aromatic carbocycles. The fraction of sp³-hybridized carbons (Fsp3) is 0.360. The Hall–Kier alpha value is -2.28. The lowest BCUT2D eigenvalue weighted by molar-refractivity contribution is 0.700. The molecule has 0 amide bonds. The number of benzene rings is 2. The molecule has 138 valence electrons. The van der Waals surface area contributed by atoms with E-state index in [1.807, 2.05) is 13.8 Å². The van der Waals surface area contributed by atoms with Crippen LogP contribution in [-0.2, 0) is 0 Å². The van der Waals surface area contributed by atoms with Crippen LogP contribution in [0.15, 0.2) is 78.4 Å². The van der Waals surface area contributed by atoms with Gasteiger partial charge >= 0.3 is 0 Å². The molecule has 0 bridgehead atoms. The van der Waals surface area contributed by atoms with Crippen LogP contribution in [0.3, 0.4) is 0 Å². The fourth-order valence-corrected chi connectivity index (χ4v) is 3.60. The van der Waals surface area contributed by atoms with Gasteiger partial charge in [-0.2, -0.15) is 0 Å². The van der Waals surface area contributed by atoms with Gasteiger partial charge in [-0.1, -0.05) is 87.5 Å². The third-order valence-electron chi connectivity index (χ3n) is 5.04. The van der Waals surface area contributed by atoms with E-state index in [4.69, 9.17) is 0 Å². The summed E-state index contributed by atoms with van der Waals surface area (Å²) in [5.74, 6) is 0.551. The van der Waals surface area contributed by atoms with Gasteiger partial charge in [-0.3, -0.25) is 0 Å². The maximum absolute atomic E-state index is 2.42. The Morgan fingerprint density at radius 2 is 1.85 bits per heavy atom. The molecular weight excluding hydrogens is 314 g/mol. The fourth-order valence-electron chi connectivity index (χ4n) is 3.60. The zero-order valence-electron chi connectivity index (χ0n) is 16.9. The predicted molar refractivity (Wildman–Crippen MR) is 118 cm³/mol. The molecule has 26 heavy (non-hydrogen) atoms. The average molecular weight is 348 g/mol. The summed E-state index contributed by atoms with van der Waals surface area (Å²) in [6.45, 7) is 8.36. The van der Waals surface area contributed by atoms with Crippen molar-refractivity contribution in [2.45, 2.75) is 46.6 Å². The third kappa shape index (κ3) is 4.46. The molecule has 0 aliphatic heterocycles. The molecule has 1 aliphatic carbocycles. The lowest BCUT2D eigenvalue weighted by Gasteiger charge is -2.31. The second-order valence-electron chi connectivity index (χ2n) is 6.52. The van der Waals surface area contributed by atoms with E-state index < -0.39 is 0 Å². The summed E-state index contributed by atoms with van der Waals surface area (Å²) < 4.78 is 0. The lowest BCUT2D eigenvalue weighted by atomic mass is 9.90. The summed E-state index contributed by atoms with van der Waals surface area (Å²) in [4.78, 5) is 2.41. The van der Waals surface area contributed by atoms with Crippen molar-refractivity contribution in [1.29, 1.82) is 0 Å². The van der Waals surface area contributed by atoms with Crippen LogP contribution < -0.4 is 4.90 Å². The standard InChI is InChI=1S/C23H27N.C2H6/c1-4-9-18(5-2)19-14-16-21(17-15-19)24(3)23-13-8-11-20-10-6-7-12-22(20)23;1-2/h4,6-16,18,21H,5,17H2,1-3H3;1-2H3/b9-4-;. The molecule has 0 radical (unpaired) electrons. The van der Waals surface area contributed by atoms with E-state index in [9.17, 15) is 0 Å². The van der Waals surface area contributed by atoms with E-state index in [0.717, 1.165) is 12.8 Å². The largest absolute Gasteiger partial charge is 0.367 e. The highest BCUT2D eigenvalue weighted by Gasteiger charge is 2.18. The van der Waals surface area contributed by atoms with E-state index in [0.29, 0.717) is 12.0 Å². The molecule has 0 spiro atoms. The molecule has 2 aromatic rings. The molecule has 1 heteroatoms. The molecule has 0 aromatic heterocycles. The van der Waals surface area contributed by atoms with Gasteiger partial charge in [-0.15, -0.1) is 0 Å². The molecule has 0 N–H and O–H groups in total. The average Bonchev–Trinajstić information content (AvgIpc) is 2.72. The molecule has 0 heterocycles. The van der Waals surface area contributed by atoms with Crippen molar-refractivity contribution in [2.75, 3.05) is 11.9 Å². The number of hydrogen-bond acceptors (Lipinski definition) is 1. The van der Waals surface area contributed by atoms with Crippen LogP contribution >= 0.6 is 0 Å². The Balaban J connectivity index is 0.00000117. The molecule has 0 fully saturated rings. The van der Waals surface area contributed by atoms with Gasteiger partial charge in [0.05, 0.1) is 6.04 Å². The van der Waals surface area contributed by atoms with Crippen LogP contribution in [0.25, 0.3) is 10.8 Å². The van der Waals surface area contributed by atoms with E-state index in [2.05, 4.69) is 98.6 Å². The molecular formula is C25H33N. The first kappa shape index (κ1) is 20.0. The molecule has 1 aliphatic rings. The zero-order chi connectivity index (χ0) is 18.9. The topological polar surface area (TPSA) is 3.24 Å². The molecule has 1 nitrogen and oxygen atoms in total. The first-order valence-electron chi connectivity index (χ1n) is 9.96. The first-order chi connectivity index (χ1) is 12.7. The van der Waals surface area contributed by atoms with E-state index in [1.54, 1.807) is 0 Å². The highest BCUT2D eigenvalue weighted by atomic mass is 15.1. The van der Waals surface area contributed by atoms with Crippen molar-refractivity contribution < 1.29 is 0 Å². The summed E-state index contributed by atoms with van der Waals surface area (Å²) >= 11 is 0. The minimum atomic E-state index is 0.419. The molecule has 2 atom stereocenters. The van der Waals surface area contributed by atoms with Crippen LogP contribution in [0.1, 0.15) is 40.5 Å². The Labute approximate surface area is 159 Å². The zero-order valence-corrected chi connectivity index (χ0v) is 16.9. The number of nitrogens with zero attached hydrogens (tertiary/aromatic N) is 1. The molecule has 0 saturated carbocycles. The number of fused-ring (bicyclic) bond motifs is 1. The maximum Gasteiger partial charge on any atom is 0.0507 e. The lowest BCUT2D eigenvalue weighted by Crippen LogP contribution is -2.30. The normalized spacial score (nSPS) is 17.6. The van der Waals surface area contributed by atoms with Crippen molar-refractivity contribution in [2.24, 2.45) is 5.92 Å². The number of hydrogen-bond donors (Lipinski definition) is 0. The number of anilines is 1. The summed E-state index contributed by atoms with van der Waals surface area (Å²) in [5, 5.41) is 2.63. The molecule has 2 unspecified atom stereocenters. The predicted octanol–water partition coefficient (Wildman–Crippen LogP) is 7.16. The third-order valence-corrected chi connectivity index (χ3v) is 5.04. The number of allylic oxidation sites excluding steroid dienone is 4. The highest BCUT2D eigenvalue weighted by Crippen LogP contribution is 2.30. The van der Waals surface area contributed by atoms with Crippen LogP contribution in [0.2, 0.25) is 0 Å². The van der Waals surface area contributed by atoms with Gasteiger partial charge < -0.3 is 4.90 Å². The van der Waals surface area contributed by atoms with Gasteiger partial charge in [0.25, 0.3) is 0 Å². The van der Waals surface area contributed by atoms with Gasteiger partial charge in [0.15, 0.2) is 0 Å². The smallest absolute Gasteiger partial charge is 0.0507 e. The Morgan fingerprint density at radius 3 is 2.50 bits per heavy atom. The second kappa shape index (κ2) is 10.0. The van der Waals surface area contributed by atoms with Crippen molar-refractivity contribution in [3.63, 3.8) is 0 Å². The van der Waals surface area contributed by atoms with Gasteiger partial charge in [0, 0.05) is 24.0 Å². The summed E-state index contributed by atoms with van der Waals surface area (Å²) in [7, 11) is 2.21. The van der Waals surface area contributed by atoms with Crippen molar-refractivity contribution in [3.05, 3.63) is 78.4 Å². The van der Waals surface area contributed by atoms with Gasteiger partial charge in [-0.05, 0) is 36.8 Å².